The molecular formula is C14H16BrCl2NO. The lowest BCUT2D eigenvalue weighted by molar-refractivity contribution is 0.0692. The van der Waals surface area contributed by atoms with Gasteiger partial charge >= 0.3 is 0 Å². The van der Waals surface area contributed by atoms with Crippen LogP contribution in [-0.2, 0) is 0 Å². The second-order valence-corrected chi connectivity index (χ2v) is 7.16. The third-order valence-electron chi connectivity index (χ3n) is 3.65. The predicted molar refractivity (Wildman–Crippen MR) is 83.5 cm³/mol. The number of alkyl halides is 1. The number of nitrogens with zero attached hydrogens (tertiary/aromatic N) is 1. The van der Waals surface area contributed by atoms with Gasteiger partial charge in [-0.25, -0.2) is 0 Å². The van der Waals surface area contributed by atoms with Crippen LogP contribution in [0.1, 0.15) is 30.1 Å². The summed E-state index contributed by atoms with van der Waals surface area (Å²) in [5.41, 5.74) is 0.427. The first-order valence-electron chi connectivity index (χ1n) is 6.38. The molecule has 5 heteroatoms. The van der Waals surface area contributed by atoms with Gasteiger partial charge in [0.1, 0.15) is 0 Å². The molecule has 1 unspecified atom stereocenters. The van der Waals surface area contributed by atoms with E-state index >= 15 is 0 Å². The molecule has 0 saturated carbocycles. The Kier molecular flexibility index (Phi) is 5.15. The summed E-state index contributed by atoms with van der Waals surface area (Å²) in [5, 5.41) is 0.849. The van der Waals surface area contributed by atoms with Gasteiger partial charge in [-0.15, -0.1) is 0 Å². The van der Waals surface area contributed by atoms with Crippen LogP contribution in [0.2, 0.25) is 10.0 Å². The molecule has 1 aromatic carbocycles. The van der Waals surface area contributed by atoms with E-state index in [9.17, 15) is 4.79 Å². The maximum Gasteiger partial charge on any atom is 0.256 e. The molecule has 19 heavy (non-hydrogen) atoms. The minimum absolute atomic E-state index is 0.0590. The normalized spacial score (nSPS) is 18.4. The Morgan fingerprint density at radius 1 is 1.32 bits per heavy atom. The topological polar surface area (TPSA) is 20.3 Å². The highest BCUT2D eigenvalue weighted by molar-refractivity contribution is 9.09. The Morgan fingerprint density at radius 2 is 1.84 bits per heavy atom. The molecule has 104 valence electrons. The van der Waals surface area contributed by atoms with Crippen molar-refractivity contribution in [3.8, 4) is 0 Å². The number of amides is 1. The van der Waals surface area contributed by atoms with E-state index < -0.39 is 0 Å². The number of benzene rings is 1. The van der Waals surface area contributed by atoms with E-state index in [1.807, 2.05) is 4.90 Å². The third-order valence-corrected chi connectivity index (χ3v) is 5.03. The third kappa shape index (κ3) is 3.45. The zero-order valence-corrected chi connectivity index (χ0v) is 13.8. The van der Waals surface area contributed by atoms with Crippen LogP contribution in [0, 0.1) is 5.92 Å². The highest BCUT2D eigenvalue weighted by Gasteiger charge is 2.27. The van der Waals surface area contributed by atoms with Gasteiger partial charge in [-0.2, -0.15) is 0 Å². The molecule has 0 spiro atoms. The lowest BCUT2D eigenvalue weighted by Crippen LogP contribution is -2.40. The smallest absolute Gasteiger partial charge is 0.256 e. The van der Waals surface area contributed by atoms with Crippen molar-refractivity contribution in [3.05, 3.63) is 33.8 Å². The molecule has 1 saturated heterocycles. The van der Waals surface area contributed by atoms with Crippen LogP contribution in [0.25, 0.3) is 0 Å². The summed E-state index contributed by atoms with van der Waals surface area (Å²) in [6.45, 7) is 3.69. The van der Waals surface area contributed by atoms with Gasteiger partial charge in [-0.1, -0.05) is 52.1 Å². The molecule has 1 atom stereocenters. The van der Waals surface area contributed by atoms with Crippen LogP contribution in [0.3, 0.4) is 0 Å². The minimum Gasteiger partial charge on any atom is -0.339 e. The van der Waals surface area contributed by atoms with Gasteiger partial charge in [-0.3, -0.25) is 4.79 Å². The number of likely N-dealkylation sites (tertiary alicyclic amines) is 1. The molecular weight excluding hydrogens is 349 g/mol. The molecule has 0 N–H and O–H groups in total. The van der Waals surface area contributed by atoms with Crippen molar-refractivity contribution >= 4 is 45.0 Å². The van der Waals surface area contributed by atoms with Gasteiger partial charge in [0.15, 0.2) is 0 Å². The second-order valence-electron chi connectivity index (χ2n) is 4.90. The fourth-order valence-electron chi connectivity index (χ4n) is 2.42. The number of carbonyl (C=O) groups is 1. The molecule has 1 amide bonds. The predicted octanol–water partition coefficient (Wildman–Crippen LogP) is 4.63. The summed E-state index contributed by atoms with van der Waals surface area (Å²) >= 11 is 15.8. The van der Waals surface area contributed by atoms with Gasteiger partial charge in [0.05, 0.1) is 15.6 Å². The SMILES string of the molecule is CC(Br)C1CCN(C(=O)c2c(Cl)cccc2Cl)CC1. The fraction of sp³-hybridized carbons (Fsp3) is 0.500. The lowest BCUT2D eigenvalue weighted by Gasteiger charge is -2.33. The van der Waals surface area contributed by atoms with Gasteiger partial charge in [0.2, 0.25) is 0 Å². The summed E-state index contributed by atoms with van der Waals surface area (Å²) in [6, 6.07) is 5.15. The average Bonchev–Trinajstić information content (AvgIpc) is 2.38. The summed E-state index contributed by atoms with van der Waals surface area (Å²) in [6.07, 6.45) is 2.03. The Hall–Kier alpha value is -0.250. The summed E-state index contributed by atoms with van der Waals surface area (Å²) in [4.78, 5) is 14.8. The maximum absolute atomic E-state index is 12.5. The van der Waals surface area contributed by atoms with E-state index in [1.54, 1.807) is 18.2 Å². The number of hydrogen-bond acceptors (Lipinski definition) is 1. The second kappa shape index (κ2) is 6.47. The molecule has 0 aliphatic carbocycles. The first-order valence-corrected chi connectivity index (χ1v) is 8.05. The van der Waals surface area contributed by atoms with E-state index in [1.165, 1.54) is 0 Å². The summed E-state index contributed by atoms with van der Waals surface area (Å²) in [5.74, 6) is 0.571. The van der Waals surface area contributed by atoms with Gasteiger partial charge < -0.3 is 4.90 Å². The molecule has 1 fully saturated rings. The van der Waals surface area contributed by atoms with Crippen LogP contribution in [0.4, 0.5) is 0 Å². The summed E-state index contributed by atoms with van der Waals surface area (Å²) < 4.78 is 0. The van der Waals surface area contributed by atoms with Gasteiger partial charge in [0.25, 0.3) is 5.91 Å². The fourth-order valence-corrected chi connectivity index (χ4v) is 3.51. The largest absolute Gasteiger partial charge is 0.339 e. The number of hydrogen-bond donors (Lipinski definition) is 0. The lowest BCUT2D eigenvalue weighted by atomic mass is 9.94. The van der Waals surface area contributed by atoms with Gasteiger partial charge in [-0.05, 0) is 30.9 Å². The molecule has 1 aliphatic heterocycles. The van der Waals surface area contributed by atoms with E-state index in [-0.39, 0.29) is 5.91 Å². The average molecular weight is 365 g/mol. The monoisotopic (exact) mass is 363 g/mol. The number of halogens is 3. The molecule has 0 aromatic heterocycles. The van der Waals surface area contributed by atoms with E-state index in [4.69, 9.17) is 23.2 Å². The summed E-state index contributed by atoms with van der Waals surface area (Å²) in [7, 11) is 0. The van der Waals surface area contributed by atoms with E-state index in [2.05, 4.69) is 22.9 Å². The van der Waals surface area contributed by atoms with Crippen molar-refractivity contribution in [2.45, 2.75) is 24.6 Å². The number of carbonyl (C=O) groups excluding carboxylic acids is 1. The standard InChI is InChI=1S/C14H16BrCl2NO/c1-9(15)10-5-7-18(8-6-10)14(19)13-11(16)3-2-4-12(13)17/h2-4,9-10H,5-8H2,1H3. The molecule has 1 aromatic rings. The zero-order chi connectivity index (χ0) is 14.0. The van der Waals surface area contributed by atoms with E-state index in [0.29, 0.717) is 26.4 Å². The number of rotatable bonds is 2. The molecule has 0 bridgehead atoms. The Labute approximate surface area is 132 Å². The van der Waals surface area contributed by atoms with Crippen LogP contribution < -0.4 is 0 Å². The van der Waals surface area contributed by atoms with Gasteiger partial charge in [0, 0.05) is 17.9 Å². The molecule has 1 heterocycles. The Balaban J connectivity index is 2.10. The van der Waals surface area contributed by atoms with E-state index in [0.717, 1.165) is 25.9 Å². The van der Waals surface area contributed by atoms with Crippen LogP contribution in [0.5, 0.6) is 0 Å². The highest BCUT2D eigenvalue weighted by Crippen LogP contribution is 2.29. The quantitative estimate of drug-likeness (QED) is 0.700. The number of piperidine rings is 1. The Bertz CT molecular complexity index is 450. The van der Waals surface area contributed by atoms with Crippen molar-refractivity contribution in [2.24, 2.45) is 5.92 Å². The highest BCUT2D eigenvalue weighted by atomic mass is 79.9. The Morgan fingerprint density at radius 3 is 2.32 bits per heavy atom. The zero-order valence-electron chi connectivity index (χ0n) is 10.7. The van der Waals surface area contributed by atoms with Crippen molar-refractivity contribution in [3.63, 3.8) is 0 Å². The van der Waals surface area contributed by atoms with Crippen molar-refractivity contribution in [1.29, 1.82) is 0 Å². The van der Waals surface area contributed by atoms with Crippen LogP contribution in [-0.4, -0.2) is 28.7 Å². The molecule has 2 rings (SSSR count). The minimum atomic E-state index is -0.0590. The van der Waals surface area contributed by atoms with Crippen molar-refractivity contribution < 1.29 is 4.79 Å². The van der Waals surface area contributed by atoms with Crippen molar-refractivity contribution in [1.82, 2.24) is 4.90 Å². The van der Waals surface area contributed by atoms with Crippen LogP contribution >= 0.6 is 39.1 Å². The molecule has 2 nitrogen and oxygen atoms in total. The molecule has 1 aliphatic rings. The first kappa shape index (κ1) is 15.1. The van der Waals surface area contributed by atoms with Crippen LogP contribution in [0.15, 0.2) is 18.2 Å². The maximum atomic E-state index is 12.5. The molecule has 0 radical (unpaired) electrons. The first-order chi connectivity index (χ1) is 9.00. The van der Waals surface area contributed by atoms with Crippen molar-refractivity contribution in [2.75, 3.05) is 13.1 Å².